The summed E-state index contributed by atoms with van der Waals surface area (Å²) in [6, 6.07) is 20.7. The molecule has 1 fully saturated rings. The summed E-state index contributed by atoms with van der Waals surface area (Å²) in [5.74, 6) is 0.210. The molecule has 0 aromatic heterocycles. The number of sulfonamides is 1. The number of nitrogens with zero attached hydrogens (tertiary/aromatic N) is 2. The van der Waals surface area contributed by atoms with E-state index < -0.39 is 15.9 Å². The molecule has 1 amide bonds. The van der Waals surface area contributed by atoms with Crippen molar-refractivity contribution in [3.63, 3.8) is 0 Å². The summed E-state index contributed by atoms with van der Waals surface area (Å²) in [5.41, 5.74) is 2.56. The molecular formula is C29H34ClN3O4S. The number of rotatable bonds is 11. The minimum atomic E-state index is -4.03. The summed E-state index contributed by atoms with van der Waals surface area (Å²) in [7, 11) is -4.03. The maximum atomic E-state index is 13.5. The fraction of sp³-hybridized carbons (Fsp3) is 0.345. The summed E-state index contributed by atoms with van der Waals surface area (Å²) in [6.45, 7) is 5.52. The van der Waals surface area contributed by atoms with Gasteiger partial charge in [0.2, 0.25) is 5.91 Å². The molecule has 4 rings (SSSR count). The van der Waals surface area contributed by atoms with Crippen molar-refractivity contribution in [1.29, 1.82) is 0 Å². The van der Waals surface area contributed by atoms with Gasteiger partial charge in [-0.1, -0.05) is 42.3 Å². The Morgan fingerprint density at radius 3 is 2.18 bits per heavy atom. The number of hydrogen-bond donors (Lipinski definition) is 1. The SMILES string of the molecule is CCOc1ccc(N(CC(=O)NCc2ccc(CN3CCCCC3)cc2)S(=O)(=O)c2ccc(Cl)cc2)cc1. The molecule has 3 aromatic carbocycles. The first kappa shape index (κ1) is 28.0. The molecule has 0 aliphatic carbocycles. The number of hydrogen-bond acceptors (Lipinski definition) is 5. The van der Waals surface area contributed by atoms with E-state index in [0.29, 0.717) is 29.6 Å². The zero-order valence-electron chi connectivity index (χ0n) is 21.6. The van der Waals surface area contributed by atoms with E-state index in [2.05, 4.69) is 22.3 Å². The Bertz CT molecular complexity index is 1290. The molecule has 0 atom stereocenters. The first-order chi connectivity index (χ1) is 18.3. The number of piperidine rings is 1. The number of halogens is 1. The zero-order chi connectivity index (χ0) is 27.0. The lowest BCUT2D eigenvalue weighted by atomic mass is 10.1. The normalized spacial score (nSPS) is 14.2. The van der Waals surface area contributed by atoms with Gasteiger partial charge in [0.25, 0.3) is 10.0 Å². The van der Waals surface area contributed by atoms with Crippen LogP contribution < -0.4 is 14.4 Å². The summed E-state index contributed by atoms with van der Waals surface area (Å²) < 4.78 is 33.6. The van der Waals surface area contributed by atoms with Crippen LogP contribution in [0.1, 0.15) is 37.3 Å². The lowest BCUT2D eigenvalue weighted by Gasteiger charge is -2.26. The fourth-order valence-corrected chi connectivity index (χ4v) is 6.00. The summed E-state index contributed by atoms with van der Waals surface area (Å²) >= 11 is 5.96. The van der Waals surface area contributed by atoms with Gasteiger partial charge < -0.3 is 10.1 Å². The first-order valence-corrected chi connectivity index (χ1v) is 14.7. The minimum Gasteiger partial charge on any atom is -0.494 e. The van der Waals surface area contributed by atoms with Crippen LogP contribution in [-0.4, -0.2) is 45.5 Å². The van der Waals surface area contributed by atoms with Crippen LogP contribution >= 0.6 is 11.6 Å². The molecule has 1 heterocycles. The van der Waals surface area contributed by atoms with Crippen LogP contribution in [0.25, 0.3) is 0 Å². The van der Waals surface area contributed by atoms with E-state index in [4.69, 9.17) is 16.3 Å². The van der Waals surface area contributed by atoms with Gasteiger partial charge in [0.05, 0.1) is 17.2 Å². The molecule has 9 heteroatoms. The van der Waals surface area contributed by atoms with E-state index in [1.807, 2.05) is 19.1 Å². The molecule has 0 bridgehead atoms. The third kappa shape index (κ3) is 7.49. The van der Waals surface area contributed by atoms with Crippen molar-refractivity contribution >= 4 is 33.2 Å². The second kappa shape index (κ2) is 13.1. The topological polar surface area (TPSA) is 79.0 Å². The number of benzene rings is 3. The molecule has 7 nitrogen and oxygen atoms in total. The van der Waals surface area contributed by atoms with Gasteiger partial charge in [-0.25, -0.2) is 8.42 Å². The average molecular weight is 556 g/mol. The predicted molar refractivity (Wildman–Crippen MR) is 151 cm³/mol. The minimum absolute atomic E-state index is 0.0490. The summed E-state index contributed by atoms with van der Waals surface area (Å²) in [4.78, 5) is 15.5. The maximum Gasteiger partial charge on any atom is 0.264 e. The van der Waals surface area contributed by atoms with Crippen LogP contribution in [0.4, 0.5) is 5.69 Å². The van der Waals surface area contributed by atoms with Crippen LogP contribution in [-0.2, 0) is 27.9 Å². The smallest absolute Gasteiger partial charge is 0.264 e. The Hall–Kier alpha value is -3.07. The molecule has 3 aromatic rings. The average Bonchev–Trinajstić information content (AvgIpc) is 2.93. The highest BCUT2D eigenvalue weighted by molar-refractivity contribution is 7.92. The highest BCUT2D eigenvalue weighted by Gasteiger charge is 2.27. The highest BCUT2D eigenvalue weighted by atomic mass is 35.5. The molecule has 0 saturated carbocycles. The molecule has 202 valence electrons. The van der Waals surface area contributed by atoms with Crippen LogP contribution in [0.3, 0.4) is 0 Å². The van der Waals surface area contributed by atoms with E-state index in [9.17, 15) is 13.2 Å². The Labute approximate surface area is 230 Å². The predicted octanol–water partition coefficient (Wildman–Crippen LogP) is 5.24. The lowest BCUT2D eigenvalue weighted by molar-refractivity contribution is -0.119. The standard InChI is InChI=1S/C29H34ClN3O4S/c1-2-37-27-14-12-26(13-15-27)33(38(35,36)28-16-10-25(30)11-17-28)22-29(34)31-20-23-6-8-24(9-7-23)21-32-18-4-3-5-19-32/h6-17H,2-5,18-22H2,1H3,(H,31,34). The van der Waals surface area contributed by atoms with Crippen LogP contribution in [0.15, 0.2) is 77.7 Å². The van der Waals surface area contributed by atoms with Gasteiger partial charge in [0.1, 0.15) is 12.3 Å². The number of nitrogens with one attached hydrogen (secondary N) is 1. The maximum absolute atomic E-state index is 13.5. The van der Waals surface area contributed by atoms with Crippen LogP contribution in [0, 0.1) is 0 Å². The second-order valence-electron chi connectivity index (χ2n) is 9.32. The largest absolute Gasteiger partial charge is 0.494 e. The third-order valence-corrected chi connectivity index (χ3v) is 8.53. The van der Waals surface area contributed by atoms with Crippen LogP contribution in [0.2, 0.25) is 5.02 Å². The molecule has 0 unspecified atom stereocenters. The monoisotopic (exact) mass is 555 g/mol. The van der Waals surface area contributed by atoms with Crippen molar-refractivity contribution in [3.8, 4) is 5.75 Å². The van der Waals surface area contributed by atoms with Crippen molar-refractivity contribution in [2.24, 2.45) is 0 Å². The number of amides is 1. The molecule has 1 saturated heterocycles. The van der Waals surface area contributed by atoms with Crippen molar-refractivity contribution in [2.45, 2.75) is 44.2 Å². The Kier molecular flexibility index (Phi) is 9.66. The number of ether oxygens (including phenoxy) is 1. The van der Waals surface area contributed by atoms with E-state index >= 15 is 0 Å². The highest BCUT2D eigenvalue weighted by Crippen LogP contribution is 2.26. The Morgan fingerprint density at radius 1 is 0.921 bits per heavy atom. The molecule has 1 N–H and O–H groups in total. The lowest BCUT2D eigenvalue weighted by Crippen LogP contribution is -2.40. The molecule has 1 aliphatic rings. The fourth-order valence-electron chi connectivity index (χ4n) is 4.45. The van der Waals surface area contributed by atoms with E-state index in [-0.39, 0.29) is 11.4 Å². The van der Waals surface area contributed by atoms with Gasteiger partial charge in [-0.15, -0.1) is 0 Å². The second-order valence-corrected chi connectivity index (χ2v) is 11.6. The van der Waals surface area contributed by atoms with Gasteiger partial charge in [0, 0.05) is 18.1 Å². The molecule has 0 radical (unpaired) electrons. The molecule has 1 aliphatic heterocycles. The van der Waals surface area contributed by atoms with Gasteiger partial charge in [-0.3, -0.25) is 14.0 Å². The van der Waals surface area contributed by atoms with Gasteiger partial charge >= 0.3 is 0 Å². The van der Waals surface area contributed by atoms with Crippen molar-refractivity contribution in [1.82, 2.24) is 10.2 Å². The first-order valence-electron chi connectivity index (χ1n) is 12.9. The van der Waals surface area contributed by atoms with Crippen molar-refractivity contribution in [2.75, 3.05) is 30.5 Å². The zero-order valence-corrected chi connectivity index (χ0v) is 23.2. The third-order valence-electron chi connectivity index (χ3n) is 6.49. The number of carbonyl (C=O) groups excluding carboxylic acids is 1. The summed E-state index contributed by atoms with van der Waals surface area (Å²) in [5, 5.41) is 3.29. The molecule has 38 heavy (non-hydrogen) atoms. The molecule has 0 spiro atoms. The van der Waals surface area contributed by atoms with Gasteiger partial charge in [-0.05, 0) is 92.5 Å². The van der Waals surface area contributed by atoms with E-state index in [1.165, 1.54) is 49.1 Å². The number of anilines is 1. The van der Waals surface area contributed by atoms with Crippen LogP contribution in [0.5, 0.6) is 5.75 Å². The Morgan fingerprint density at radius 2 is 1.55 bits per heavy atom. The van der Waals surface area contributed by atoms with Gasteiger partial charge in [-0.2, -0.15) is 0 Å². The quantitative estimate of drug-likeness (QED) is 0.350. The Balaban J connectivity index is 1.44. The van der Waals surface area contributed by atoms with Crippen molar-refractivity contribution in [3.05, 3.63) is 88.9 Å². The van der Waals surface area contributed by atoms with E-state index in [1.54, 1.807) is 24.3 Å². The number of carbonyl (C=O) groups is 1. The summed E-state index contributed by atoms with van der Waals surface area (Å²) in [6.07, 6.45) is 3.82. The van der Waals surface area contributed by atoms with Gasteiger partial charge in [0.15, 0.2) is 0 Å². The number of likely N-dealkylation sites (tertiary alicyclic amines) is 1. The molecular weight excluding hydrogens is 522 g/mol. The van der Waals surface area contributed by atoms with Crippen molar-refractivity contribution < 1.29 is 17.9 Å². The van der Waals surface area contributed by atoms with E-state index in [0.717, 1.165) is 29.5 Å².